The van der Waals surface area contributed by atoms with Crippen LogP contribution in [0, 0.1) is 10.1 Å². The van der Waals surface area contributed by atoms with E-state index in [1.54, 1.807) is 33.2 Å². The van der Waals surface area contributed by atoms with E-state index >= 15 is 0 Å². The molecule has 1 atom stereocenters. The number of benzene rings is 1. The number of nitro groups is 1. The van der Waals surface area contributed by atoms with E-state index in [1.165, 1.54) is 6.07 Å². The first-order valence-corrected chi connectivity index (χ1v) is 9.41. The number of ether oxygens (including phenoxy) is 2. The first-order chi connectivity index (χ1) is 14.7. The first kappa shape index (κ1) is 23.5. The average Bonchev–Trinajstić information content (AvgIpc) is 2.71. The molecule has 0 saturated heterocycles. The van der Waals surface area contributed by atoms with E-state index in [0.717, 1.165) is 5.69 Å². The van der Waals surface area contributed by atoms with Gasteiger partial charge in [0.25, 0.3) is 0 Å². The van der Waals surface area contributed by atoms with Gasteiger partial charge in [-0.15, -0.1) is 0 Å². The second-order valence-corrected chi connectivity index (χ2v) is 6.50. The highest BCUT2D eigenvalue weighted by Gasteiger charge is 2.23. The van der Waals surface area contributed by atoms with Gasteiger partial charge in [-0.3, -0.25) is 15.4 Å². The summed E-state index contributed by atoms with van der Waals surface area (Å²) in [6.45, 7) is 2.02. The summed E-state index contributed by atoms with van der Waals surface area (Å²) in [5.74, 6) is 0.315. The maximum absolute atomic E-state index is 11.6. The summed E-state index contributed by atoms with van der Waals surface area (Å²) >= 11 is 0. The van der Waals surface area contributed by atoms with Crippen LogP contribution in [0.5, 0.6) is 5.75 Å². The molecule has 31 heavy (non-hydrogen) atoms. The summed E-state index contributed by atoms with van der Waals surface area (Å²) < 4.78 is 9.89. The van der Waals surface area contributed by atoms with Crippen molar-refractivity contribution >= 4 is 34.8 Å². The molecule has 0 aliphatic heterocycles. The Balaban J connectivity index is 2.08. The van der Waals surface area contributed by atoms with Gasteiger partial charge in [-0.1, -0.05) is 0 Å². The first-order valence-electron chi connectivity index (χ1n) is 9.41. The van der Waals surface area contributed by atoms with Crippen LogP contribution >= 0.6 is 0 Å². The van der Waals surface area contributed by atoms with Gasteiger partial charge in [0.2, 0.25) is 5.82 Å². The number of nitrogens with zero attached hydrogens (tertiary/aromatic N) is 3. The van der Waals surface area contributed by atoms with Gasteiger partial charge in [-0.2, -0.15) is 0 Å². The predicted octanol–water partition coefficient (Wildman–Crippen LogP) is 2.06. The number of pyridine rings is 1. The average molecular weight is 434 g/mol. The molecule has 0 aliphatic carbocycles. The Kier molecular flexibility index (Phi) is 8.20. The van der Waals surface area contributed by atoms with Crippen molar-refractivity contribution in [1.82, 2.24) is 4.98 Å². The van der Waals surface area contributed by atoms with E-state index in [2.05, 4.69) is 15.6 Å². The summed E-state index contributed by atoms with van der Waals surface area (Å²) in [5, 5.41) is 26.9. The third-order valence-electron chi connectivity index (χ3n) is 4.23. The highest BCUT2D eigenvalue weighted by molar-refractivity contribution is 5.86. The molecule has 12 nitrogen and oxygen atoms in total. The Hall–Kier alpha value is -3.80. The SMILES string of the molecule is CCOC(=O)Nc1cc(NCC(O)CN(C)c2ccc(OC)cc2)c([N+](=O)[O-])c(N)n1. The molecule has 1 heterocycles. The number of nitrogens with one attached hydrogen (secondary N) is 2. The molecule has 0 spiro atoms. The second kappa shape index (κ2) is 10.8. The molecule has 12 heteroatoms. The molecule has 0 bridgehead atoms. The number of aliphatic hydroxyl groups excluding tert-OH is 1. The molecule has 5 N–H and O–H groups in total. The normalized spacial score (nSPS) is 11.4. The van der Waals surface area contributed by atoms with Crippen LogP contribution < -0.4 is 26.0 Å². The fourth-order valence-electron chi connectivity index (χ4n) is 2.77. The van der Waals surface area contributed by atoms with Gasteiger partial charge < -0.3 is 30.5 Å². The number of rotatable bonds is 10. The zero-order valence-electron chi connectivity index (χ0n) is 17.5. The van der Waals surface area contributed by atoms with Crippen molar-refractivity contribution in [2.75, 3.05) is 55.1 Å². The number of carbonyl (C=O) groups is 1. The molecule has 2 rings (SSSR count). The summed E-state index contributed by atoms with van der Waals surface area (Å²) in [4.78, 5) is 27.9. The lowest BCUT2D eigenvalue weighted by Crippen LogP contribution is -2.33. The lowest BCUT2D eigenvalue weighted by molar-refractivity contribution is -0.383. The molecule has 0 radical (unpaired) electrons. The third kappa shape index (κ3) is 6.60. The third-order valence-corrected chi connectivity index (χ3v) is 4.23. The van der Waals surface area contributed by atoms with E-state index in [9.17, 15) is 20.0 Å². The minimum Gasteiger partial charge on any atom is -0.497 e. The number of aliphatic hydroxyl groups is 1. The van der Waals surface area contributed by atoms with Gasteiger partial charge in [0.15, 0.2) is 0 Å². The van der Waals surface area contributed by atoms with Crippen LogP contribution in [-0.4, -0.2) is 61.1 Å². The maximum atomic E-state index is 11.6. The summed E-state index contributed by atoms with van der Waals surface area (Å²) in [6, 6.07) is 8.56. The van der Waals surface area contributed by atoms with Crippen molar-refractivity contribution in [1.29, 1.82) is 0 Å². The van der Waals surface area contributed by atoms with Crippen molar-refractivity contribution in [3.63, 3.8) is 0 Å². The van der Waals surface area contributed by atoms with Gasteiger partial charge in [0.1, 0.15) is 17.3 Å². The van der Waals surface area contributed by atoms with Crippen LogP contribution in [0.4, 0.5) is 33.5 Å². The molecule has 1 amide bonds. The Labute approximate surface area is 179 Å². The predicted molar refractivity (Wildman–Crippen MR) is 117 cm³/mol. The highest BCUT2D eigenvalue weighted by atomic mass is 16.6. The molecule has 168 valence electrons. The molecule has 1 unspecified atom stereocenters. The second-order valence-electron chi connectivity index (χ2n) is 6.50. The molecule has 1 aromatic heterocycles. The van der Waals surface area contributed by atoms with Crippen molar-refractivity contribution < 1.29 is 24.3 Å². The number of aromatic nitrogens is 1. The number of methoxy groups -OCH3 is 1. The van der Waals surface area contributed by atoms with E-state index in [1.807, 2.05) is 17.0 Å². The van der Waals surface area contributed by atoms with Crippen LogP contribution in [0.3, 0.4) is 0 Å². The van der Waals surface area contributed by atoms with E-state index in [-0.39, 0.29) is 37.0 Å². The zero-order chi connectivity index (χ0) is 23.0. The van der Waals surface area contributed by atoms with Crippen LogP contribution in [0.15, 0.2) is 30.3 Å². The lowest BCUT2D eigenvalue weighted by Gasteiger charge is -2.23. The smallest absolute Gasteiger partial charge is 0.412 e. The van der Waals surface area contributed by atoms with Crippen LogP contribution in [0.2, 0.25) is 0 Å². The minimum atomic E-state index is -0.873. The molecule has 2 aromatic rings. The fraction of sp³-hybridized carbons (Fsp3) is 0.368. The van der Waals surface area contributed by atoms with E-state index < -0.39 is 22.8 Å². The topological polar surface area (TPSA) is 165 Å². The number of amides is 1. The Morgan fingerprint density at radius 3 is 2.65 bits per heavy atom. The van der Waals surface area contributed by atoms with Crippen molar-refractivity contribution in [2.24, 2.45) is 0 Å². The van der Waals surface area contributed by atoms with Gasteiger partial charge >= 0.3 is 11.8 Å². The molecule has 0 aliphatic rings. The number of carbonyl (C=O) groups excluding carboxylic acids is 1. The van der Waals surface area contributed by atoms with Crippen LogP contribution in [0.1, 0.15) is 6.92 Å². The van der Waals surface area contributed by atoms with Crippen molar-refractivity contribution in [2.45, 2.75) is 13.0 Å². The van der Waals surface area contributed by atoms with Crippen LogP contribution in [0.25, 0.3) is 0 Å². The Bertz CT molecular complexity index is 908. The maximum Gasteiger partial charge on any atom is 0.412 e. The minimum absolute atomic E-state index is 0.00968. The van der Waals surface area contributed by atoms with Gasteiger partial charge in [-0.05, 0) is 31.2 Å². The highest BCUT2D eigenvalue weighted by Crippen LogP contribution is 2.32. The molecule has 1 aromatic carbocycles. The fourth-order valence-corrected chi connectivity index (χ4v) is 2.77. The number of likely N-dealkylation sites (N-methyl/N-ethyl adjacent to an activating group) is 1. The monoisotopic (exact) mass is 434 g/mol. The molecule has 0 fully saturated rings. The summed E-state index contributed by atoms with van der Waals surface area (Å²) in [6.07, 6.45) is -1.64. The molecular formula is C19H26N6O6. The summed E-state index contributed by atoms with van der Waals surface area (Å²) in [5.41, 5.74) is 6.11. The summed E-state index contributed by atoms with van der Waals surface area (Å²) in [7, 11) is 3.38. The number of nitrogens with two attached hydrogens (primary N) is 1. The zero-order valence-corrected chi connectivity index (χ0v) is 17.5. The number of nitrogen functional groups attached to an aromatic ring is 1. The van der Waals surface area contributed by atoms with Gasteiger partial charge in [-0.25, -0.2) is 9.78 Å². The number of hydrogen-bond donors (Lipinski definition) is 4. The number of anilines is 4. The quantitative estimate of drug-likeness (QED) is 0.321. The van der Waals surface area contributed by atoms with Crippen LogP contribution in [-0.2, 0) is 4.74 Å². The van der Waals surface area contributed by atoms with E-state index in [0.29, 0.717) is 5.75 Å². The van der Waals surface area contributed by atoms with Gasteiger partial charge in [0, 0.05) is 31.9 Å². The van der Waals surface area contributed by atoms with Gasteiger partial charge in [0.05, 0.1) is 24.7 Å². The Morgan fingerprint density at radius 1 is 1.39 bits per heavy atom. The van der Waals surface area contributed by atoms with E-state index in [4.69, 9.17) is 15.2 Å². The van der Waals surface area contributed by atoms with Crippen molar-refractivity contribution in [3.05, 3.63) is 40.4 Å². The Morgan fingerprint density at radius 2 is 2.06 bits per heavy atom. The van der Waals surface area contributed by atoms with Crippen molar-refractivity contribution in [3.8, 4) is 5.75 Å². The molecular weight excluding hydrogens is 408 g/mol. The largest absolute Gasteiger partial charge is 0.497 e. The lowest BCUT2D eigenvalue weighted by atomic mass is 10.2. The molecule has 0 saturated carbocycles. The standard InChI is InChI=1S/C19H26N6O6/c1-4-31-19(27)23-16-9-15(17(25(28)29)18(20)22-16)21-10-13(26)11-24(2)12-5-7-14(30-3)8-6-12/h5-9,13,26H,4,10-11H2,1-3H3,(H4,20,21,22,23,27). The number of hydrogen-bond acceptors (Lipinski definition) is 10.